The van der Waals surface area contributed by atoms with E-state index in [-0.39, 0.29) is 22.7 Å². The van der Waals surface area contributed by atoms with Gasteiger partial charge < -0.3 is 15.1 Å². The van der Waals surface area contributed by atoms with Gasteiger partial charge in [-0.25, -0.2) is 0 Å². The van der Waals surface area contributed by atoms with Gasteiger partial charge in [0.25, 0.3) is 11.6 Å². The summed E-state index contributed by atoms with van der Waals surface area (Å²) in [6, 6.07) is 11.1. The van der Waals surface area contributed by atoms with Crippen LogP contribution in [0.4, 0.5) is 30.2 Å². The van der Waals surface area contributed by atoms with Gasteiger partial charge in [-0.2, -0.15) is 13.2 Å². The van der Waals surface area contributed by atoms with Crippen molar-refractivity contribution in [3.63, 3.8) is 0 Å². The van der Waals surface area contributed by atoms with Crippen LogP contribution < -0.4 is 10.6 Å². The number of hydrogen-bond donors (Lipinski definition) is 2. The lowest BCUT2D eigenvalue weighted by Crippen LogP contribution is -2.19. The topological polar surface area (TPSA) is 114 Å². The van der Waals surface area contributed by atoms with Crippen LogP contribution in [0.1, 0.15) is 21.7 Å². The zero-order chi connectivity index (χ0) is 22.6. The van der Waals surface area contributed by atoms with Crippen LogP contribution in [-0.2, 0) is 17.4 Å². The second-order valence-electron chi connectivity index (χ2n) is 6.30. The standard InChI is InChI=1S/C20H14F3N3O5/c21-20(22,23)14-11-13(24-19(28)17-6-3-9-31-17)7-8-15(14)25-18(27)10-12-4-1-2-5-16(12)26(29)30/h1-9,11H,10H2,(H,24,28)(H,25,27). The van der Waals surface area contributed by atoms with E-state index in [0.717, 1.165) is 6.07 Å². The molecule has 31 heavy (non-hydrogen) atoms. The Hall–Kier alpha value is -4.15. The number of furan rings is 1. The van der Waals surface area contributed by atoms with Crippen LogP contribution >= 0.6 is 0 Å². The Labute approximate surface area is 172 Å². The Bertz CT molecular complexity index is 1130. The first-order valence-corrected chi connectivity index (χ1v) is 8.73. The highest BCUT2D eigenvalue weighted by molar-refractivity contribution is 6.02. The van der Waals surface area contributed by atoms with Crippen molar-refractivity contribution in [3.05, 3.63) is 87.9 Å². The van der Waals surface area contributed by atoms with Crippen LogP contribution in [0.3, 0.4) is 0 Å². The van der Waals surface area contributed by atoms with E-state index in [9.17, 15) is 32.9 Å². The largest absolute Gasteiger partial charge is 0.459 e. The Morgan fingerprint density at radius 2 is 1.77 bits per heavy atom. The first kappa shape index (κ1) is 21.6. The summed E-state index contributed by atoms with van der Waals surface area (Å²) < 4.78 is 45.4. The molecule has 2 amide bonds. The number of alkyl halides is 3. The number of nitro groups is 1. The molecule has 3 rings (SSSR count). The quantitative estimate of drug-likeness (QED) is 0.434. The lowest BCUT2D eigenvalue weighted by atomic mass is 10.1. The van der Waals surface area contributed by atoms with Gasteiger partial charge in [-0.05, 0) is 30.3 Å². The van der Waals surface area contributed by atoms with Crippen LogP contribution in [-0.4, -0.2) is 16.7 Å². The van der Waals surface area contributed by atoms with E-state index in [1.54, 1.807) is 0 Å². The number of carbonyl (C=O) groups excluding carboxylic acids is 2. The third-order valence-electron chi connectivity index (χ3n) is 4.14. The van der Waals surface area contributed by atoms with Gasteiger partial charge in [0.05, 0.1) is 28.9 Å². The highest BCUT2D eigenvalue weighted by Crippen LogP contribution is 2.37. The van der Waals surface area contributed by atoms with Crippen molar-refractivity contribution in [3.8, 4) is 0 Å². The first-order chi connectivity index (χ1) is 14.6. The van der Waals surface area contributed by atoms with E-state index in [1.807, 2.05) is 0 Å². The fourth-order valence-electron chi connectivity index (χ4n) is 2.77. The maximum absolute atomic E-state index is 13.5. The molecule has 0 saturated heterocycles. The average molecular weight is 433 g/mol. The molecule has 0 unspecified atom stereocenters. The molecule has 0 bridgehead atoms. The highest BCUT2D eigenvalue weighted by Gasteiger charge is 2.34. The van der Waals surface area contributed by atoms with Crippen molar-refractivity contribution in [2.45, 2.75) is 12.6 Å². The van der Waals surface area contributed by atoms with Crippen molar-refractivity contribution in [1.29, 1.82) is 0 Å². The Balaban J connectivity index is 1.81. The van der Waals surface area contributed by atoms with Crippen LogP contribution in [0.5, 0.6) is 0 Å². The van der Waals surface area contributed by atoms with E-state index in [0.29, 0.717) is 6.07 Å². The minimum Gasteiger partial charge on any atom is -0.459 e. The normalized spacial score (nSPS) is 11.1. The van der Waals surface area contributed by atoms with E-state index >= 15 is 0 Å². The van der Waals surface area contributed by atoms with E-state index in [4.69, 9.17) is 4.42 Å². The molecule has 0 aliphatic heterocycles. The first-order valence-electron chi connectivity index (χ1n) is 8.73. The molecule has 0 spiro atoms. The minimum atomic E-state index is -4.84. The number of nitro benzene ring substituents is 1. The summed E-state index contributed by atoms with van der Waals surface area (Å²) in [7, 11) is 0. The summed E-state index contributed by atoms with van der Waals surface area (Å²) in [6.45, 7) is 0. The van der Waals surface area contributed by atoms with E-state index in [2.05, 4.69) is 10.6 Å². The fraction of sp³-hybridized carbons (Fsp3) is 0.100. The number of nitrogens with zero attached hydrogens (tertiary/aromatic N) is 1. The number of rotatable bonds is 6. The second kappa shape index (κ2) is 8.69. The van der Waals surface area contributed by atoms with Gasteiger partial charge >= 0.3 is 6.18 Å². The molecule has 0 aliphatic rings. The second-order valence-corrected chi connectivity index (χ2v) is 6.30. The summed E-state index contributed by atoms with van der Waals surface area (Å²) in [4.78, 5) is 34.6. The highest BCUT2D eigenvalue weighted by atomic mass is 19.4. The number of nitrogens with one attached hydrogen (secondary N) is 2. The fourth-order valence-corrected chi connectivity index (χ4v) is 2.77. The Kier molecular flexibility index (Phi) is 6.05. The number of benzene rings is 2. The molecule has 0 radical (unpaired) electrons. The molecule has 11 heteroatoms. The zero-order valence-electron chi connectivity index (χ0n) is 15.6. The third-order valence-corrected chi connectivity index (χ3v) is 4.14. The SMILES string of the molecule is O=C(Cc1ccccc1[N+](=O)[O-])Nc1ccc(NC(=O)c2ccco2)cc1C(F)(F)F. The van der Waals surface area contributed by atoms with Crippen molar-refractivity contribution in [1.82, 2.24) is 0 Å². The van der Waals surface area contributed by atoms with E-state index < -0.39 is 40.6 Å². The summed E-state index contributed by atoms with van der Waals surface area (Å²) in [5.74, 6) is -1.70. The molecular formula is C20H14F3N3O5. The van der Waals surface area contributed by atoms with Crippen LogP contribution in [0, 0.1) is 10.1 Å². The molecule has 0 atom stereocenters. The number of anilines is 2. The summed E-state index contributed by atoms with van der Waals surface area (Å²) in [5.41, 5.74) is -2.16. The molecule has 0 saturated carbocycles. The molecular weight excluding hydrogens is 419 g/mol. The molecule has 160 valence electrons. The van der Waals surface area contributed by atoms with Gasteiger partial charge in [-0.15, -0.1) is 0 Å². The van der Waals surface area contributed by atoms with Crippen molar-refractivity contribution in [2.24, 2.45) is 0 Å². The maximum Gasteiger partial charge on any atom is 0.418 e. The molecule has 1 aromatic heterocycles. The van der Waals surface area contributed by atoms with Gasteiger partial charge in [-0.1, -0.05) is 18.2 Å². The molecule has 1 heterocycles. The van der Waals surface area contributed by atoms with Gasteiger partial charge in [0.15, 0.2) is 5.76 Å². The number of para-hydroxylation sites is 1. The monoisotopic (exact) mass is 433 g/mol. The van der Waals surface area contributed by atoms with Crippen molar-refractivity contribution in [2.75, 3.05) is 10.6 Å². The summed E-state index contributed by atoms with van der Waals surface area (Å²) in [5, 5.41) is 15.4. The van der Waals surface area contributed by atoms with Crippen LogP contribution in [0.2, 0.25) is 0 Å². The number of amides is 2. The van der Waals surface area contributed by atoms with E-state index in [1.165, 1.54) is 48.7 Å². The van der Waals surface area contributed by atoms with Gasteiger partial charge in [-0.3, -0.25) is 19.7 Å². The minimum absolute atomic E-state index is 0.0564. The molecule has 2 aromatic carbocycles. The molecule has 0 aliphatic carbocycles. The number of halogens is 3. The third kappa shape index (κ3) is 5.26. The molecule has 0 fully saturated rings. The van der Waals surface area contributed by atoms with Gasteiger partial charge in [0.2, 0.25) is 5.91 Å². The Morgan fingerprint density at radius 3 is 2.42 bits per heavy atom. The van der Waals surface area contributed by atoms with Gasteiger partial charge in [0, 0.05) is 17.3 Å². The zero-order valence-corrected chi connectivity index (χ0v) is 15.6. The Morgan fingerprint density at radius 1 is 1.03 bits per heavy atom. The number of hydrogen-bond acceptors (Lipinski definition) is 5. The smallest absolute Gasteiger partial charge is 0.418 e. The lowest BCUT2D eigenvalue weighted by Gasteiger charge is -2.15. The average Bonchev–Trinajstić information content (AvgIpc) is 3.23. The lowest BCUT2D eigenvalue weighted by molar-refractivity contribution is -0.385. The number of carbonyl (C=O) groups is 2. The predicted octanol–water partition coefficient (Wildman–Crippen LogP) is 4.64. The van der Waals surface area contributed by atoms with Crippen LogP contribution in [0.25, 0.3) is 0 Å². The maximum atomic E-state index is 13.5. The van der Waals surface area contributed by atoms with Crippen LogP contribution in [0.15, 0.2) is 65.3 Å². The molecule has 2 N–H and O–H groups in total. The van der Waals surface area contributed by atoms with Crippen molar-refractivity contribution >= 4 is 28.9 Å². The summed E-state index contributed by atoms with van der Waals surface area (Å²) in [6.07, 6.45) is -4.09. The predicted molar refractivity (Wildman–Crippen MR) is 104 cm³/mol. The molecule has 3 aromatic rings. The van der Waals surface area contributed by atoms with Gasteiger partial charge in [0.1, 0.15) is 0 Å². The van der Waals surface area contributed by atoms with Crippen molar-refractivity contribution < 1.29 is 32.1 Å². The molecule has 8 nitrogen and oxygen atoms in total. The summed E-state index contributed by atoms with van der Waals surface area (Å²) >= 11 is 0.